The number of rotatable bonds is 17. The minimum absolute atomic E-state index is 0. The van der Waals surface area contributed by atoms with E-state index in [1.54, 1.807) is 47.6 Å². The zero-order chi connectivity index (χ0) is 47.4. The Kier molecular flexibility index (Phi) is 26.1. The van der Waals surface area contributed by atoms with Gasteiger partial charge in [-0.25, -0.2) is 14.4 Å². The molecule has 20 heteroatoms. The quantitative estimate of drug-likeness (QED) is 0.109. The van der Waals surface area contributed by atoms with Crippen LogP contribution < -0.4 is 33.2 Å². The molecular formula is C42H69ClN6O13. The van der Waals surface area contributed by atoms with Gasteiger partial charge in [0, 0.05) is 24.0 Å². The van der Waals surface area contributed by atoms with E-state index in [4.69, 9.17) is 31.8 Å². The summed E-state index contributed by atoms with van der Waals surface area (Å²) in [6.45, 7) is 17.2. The number of ether oxygens (including phenoxy) is 2. The number of carbonyl (C=O) groups excluding carboxylic acids is 5. The molecule has 0 spiro atoms. The van der Waals surface area contributed by atoms with Gasteiger partial charge in [-0.15, -0.1) is 12.4 Å². The van der Waals surface area contributed by atoms with Crippen LogP contribution in [-0.4, -0.2) is 96.8 Å². The van der Waals surface area contributed by atoms with E-state index in [1.165, 1.54) is 30.3 Å². The summed E-state index contributed by atoms with van der Waals surface area (Å²) >= 11 is 0. The van der Waals surface area contributed by atoms with Crippen molar-refractivity contribution in [3.63, 3.8) is 0 Å². The molecule has 19 nitrogen and oxygen atoms in total. The van der Waals surface area contributed by atoms with Crippen molar-refractivity contribution in [2.45, 2.75) is 144 Å². The van der Waals surface area contributed by atoms with Crippen molar-refractivity contribution < 1.29 is 63.8 Å². The molecule has 0 saturated heterocycles. The number of aromatic hydroxyl groups is 2. The number of carboxylic acids is 1. The smallest absolute Gasteiger partial charge is 0.408 e. The first-order valence-electron chi connectivity index (χ1n) is 19.7. The molecule has 0 aliphatic rings. The molecule has 4 atom stereocenters. The number of nitrogens with one attached hydrogen (secondary N) is 3. The number of aliphatic hydroxyl groups excluding tert-OH is 2. The number of alkyl carbamates (subject to hydrolysis) is 2. The topological polar surface area (TPSA) is 336 Å². The Morgan fingerprint density at radius 1 is 0.629 bits per heavy atom. The SMILES string of the molecule is CC(C)(C)OC(=O)NC(Cc1ccc(O)c(CO)c1)C(=O)O.CC(C)CC(N)C(N)=O.CC(C)CC(NC(=O)C(Cc1ccc(O)c(CO)c1)NC(=O)OC(C)(C)C)C(N)=O.Cl. The molecule has 62 heavy (non-hydrogen) atoms. The second-order valence-corrected chi connectivity index (χ2v) is 17.1. The Morgan fingerprint density at radius 3 is 1.32 bits per heavy atom. The molecule has 0 saturated carbocycles. The molecule has 0 heterocycles. The lowest BCUT2D eigenvalue weighted by atomic mass is 10.0. The summed E-state index contributed by atoms with van der Waals surface area (Å²) in [5, 5.41) is 54.3. The average Bonchev–Trinajstić information content (AvgIpc) is 3.10. The van der Waals surface area contributed by atoms with Gasteiger partial charge in [0.15, 0.2) is 0 Å². The van der Waals surface area contributed by atoms with Crippen LogP contribution in [0.5, 0.6) is 11.5 Å². The molecule has 0 fully saturated rings. The van der Waals surface area contributed by atoms with Gasteiger partial charge in [-0.3, -0.25) is 14.4 Å². The van der Waals surface area contributed by atoms with Crippen LogP contribution in [-0.2, 0) is 54.7 Å². The molecule has 14 N–H and O–H groups in total. The third kappa shape index (κ3) is 25.4. The van der Waals surface area contributed by atoms with Crippen molar-refractivity contribution >= 4 is 48.3 Å². The van der Waals surface area contributed by atoms with E-state index in [0.29, 0.717) is 41.0 Å². The van der Waals surface area contributed by atoms with Gasteiger partial charge in [0.25, 0.3) is 0 Å². The van der Waals surface area contributed by atoms with E-state index < -0.39 is 71.2 Å². The summed E-state index contributed by atoms with van der Waals surface area (Å²) in [5.74, 6) is -2.47. The number of hydrogen-bond acceptors (Lipinski definition) is 13. The van der Waals surface area contributed by atoms with Gasteiger partial charge in [0.05, 0.1) is 19.3 Å². The number of carboxylic acid groups (broad SMARTS) is 1. The van der Waals surface area contributed by atoms with Crippen LogP contribution in [0.4, 0.5) is 9.59 Å². The van der Waals surface area contributed by atoms with Gasteiger partial charge in [0.1, 0.15) is 40.8 Å². The molecule has 4 unspecified atom stereocenters. The fraction of sp³-hybridized carbons (Fsp3) is 0.571. The van der Waals surface area contributed by atoms with Crippen molar-refractivity contribution in [3.05, 3.63) is 58.7 Å². The van der Waals surface area contributed by atoms with Crippen LogP contribution in [0.2, 0.25) is 0 Å². The Bertz CT molecular complexity index is 1760. The number of halogens is 1. The summed E-state index contributed by atoms with van der Waals surface area (Å²) < 4.78 is 10.3. The number of benzene rings is 2. The third-order valence-corrected chi connectivity index (χ3v) is 7.96. The Hall–Kier alpha value is -5.37. The maximum atomic E-state index is 12.9. The molecule has 2 aromatic rings. The molecule has 0 aliphatic carbocycles. The minimum Gasteiger partial charge on any atom is -0.508 e. The molecule has 0 aromatic heterocycles. The number of nitrogens with two attached hydrogens (primary N) is 3. The predicted molar refractivity (Wildman–Crippen MR) is 234 cm³/mol. The van der Waals surface area contributed by atoms with Crippen molar-refractivity contribution in [2.24, 2.45) is 29.0 Å². The largest absolute Gasteiger partial charge is 0.508 e. The summed E-state index contributed by atoms with van der Waals surface area (Å²) in [7, 11) is 0. The number of aliphatic hydroxyl groups is 2. The molecule has 0 radical (unpaired) electrons. The molecule has 0 aliphatic heterocycles. The number of primary amides is 2. The van der Waals surface area contributed by atoms with Gasteiger partial charge in [-0.05, 0) is 102 Å². The number of carbonyl (C=O) groups is 6. The summed E-state index contributed by atoms with van der Waals surface area (Å²) in [6, 6.07) is 5.30. The zero-order valence-electron chi connectivity index (χ0n) is 37.3. The van der Waals surface area contributed by atoms with Crippen molar-refractivity contribution in [2.75, 3.05) is 0 Å². The summed E-state index contributed by atoms with van der Waals surface area (Å²) in [4.78, 5) is 70.1. The highest BCUT2D eigenvalue weighted by atomic mass is 35.5. The highest BCUT2D eigenvalue weighted by Gasteiger charge is 2.29. The average molecular weight is 901 g/mol. The number of amides is 5. The van der Waals surface area contributed by atoms with Gasteiger partial charge in [0.2, 0.25) is 17.7 Å². The summed E-state index contributed by atoms with van der Waals surface area (Å²) in [5.41, 5.74) is 15.9. The van der Waals surface area contributed by atoms with Crippen molar-refractivity contribution in [1.82, 2.24) is 16.0 Å². The van der Waals surface area contributed by atoms with Crippen LogP contribution in [0, 0.1) is 11.8 Å². The summed E-state index contributed by atoms with van der Waals surface area (Å²) in [6.07, 6.45) is -0.527. The fourth-order valence-corrected chi connectivity index (χ4v) is 5.18. The normalized spacial score (nSPS) is 13.0. The number of hydrogen-bond donors (Lipinski definition) is 11. The van der Waals surface area contributed by atoms with Crippen LogP contribution >= 0.6 is 12.4 Å². The van der Waals surface area contributed by atoms with Gasteiger partial charge < -0.3 is 68.2 Å². The molecule has 5 amide bonds. The highest BCUT2D eigenvalue weighted by molar-refractivity contribution is 5.91. The minimum atomic E-state index is -1.20. The predicted octanol–water partition coefficient (Wildman–Crippen LogP) is 3.01. The third-order valence-electron chi connectivity index (χ3n) is 7.96. The van der Waals surface area contributed by atoms with Crippen LogP contribution in [0.3, 0.4) is 0 Å². The van der Waals surface area contributed by atoms with Crippen molar-refractivity contribution in [1.29, 1.82) is 0 Å². The zero-order valence-corrected chi connectivity index (χ0v) is 38.1. The second kappa shape index (κ2) is 27.5. The molecule has 0 bridgehead atoms. The molecule has 2 aromatic carbocycles. The van der Waals surface area contributed by atoms with Crippen LogP contribution in [0.25, 0.3) is 0 Å². The number of aliphatic carboxylic acids is 1. The lowest BCUT2D eigenvalue weighted by Gasteiger charge is -2.25. The molecule has 2 rings (SSSR count). The first-order chi connectivity index (χ1) is 28.0. The monoisotopic (exact) mass is 900 g/mol. The standard InChI is InChI=1S/C21H33N3O6.C15H21NO6.C6H14N2O.ClH/c1-12(2)8-15(18(22)27)23-19(28)16(24-20(29)30-21(3,4)5)10-13-6-7-17(26)14(9-13)11-25;1-15(2,3)22-14(21)16-11(13(19)20)7-9-4-5-12(18)10(6-9)8-17;1-4(2)3-5(7)6(8)9;/h6-7,9,12,15-16,25-26H,8,10-11H2,1-5H3,(H2,22,27)(H,23,28)(H,24,29);4-6,11,17-18H,7-8H2,1-3H3,(H,16,21)(H,19,20);4-5H,3,7H2,1-2H3,(H2,8,9);1H. The maximum absolute atomic E-state index is 12.9. The number of phenols is 2. The Morgan fingerprint density at radius 2 is 1.02 bits per heavy atom. The Balaban J connectivity index is 0. The van der Waals surface area contributed by atoms with E-state index in [2.05, 4.69) is 16.0 Å². The molecular weight excluding hydrogens is 832 g/mol. The van der Waals surface area contributed by atoms with Gasteiger partial charge >= 0.3 is 18.2 Å². The van der Waals surface area contributed by atoms with E-state index in [0.717, 1.165) is 0 Å². The lowest BCUT2D eigenvalue weighted by molar-refractivity contribution is -0.139. The van der Waals surface area contributed by atoms with E-state index in [1.807, 2.05) is 27.7 Å². The highest BCUT2D eigenvalue weighted by Crippen LogP contribution is 2.21. The van der Waals surface area contributed by atoms with Crippen LogP contribution in [0.1, 0.15) is 104 Å². The van der Waals surface area contributed by atoms with Gasteiger partial charge in [-0.2, -0.15) is 0 Å². The van der Waals surface area contributed by atoms with E-state index in [9.17, 15) is 49.2 Å². The lowest BCUT2D eigenvalue weighted by Crippen LogP contribution is -2.54. The first-order valence-corrected chi connectivity index (χ1v) is 19.7. The Labute approximate surface area is 369 Å². The van der Waals surface area contributed by atoms with Gasteiger partial charge in [-0.1, -0.05) is 39.8 Å². The maximum Gasteiger partial charge on any atom is 0.408 e. The van der Waals surface area contributed by atoms with E-state index >= 15 is 0 Å². The van der Waals surface area contributed by atoms with Crippen molar-refractivity contribution in [3.8, 4) is 11.5 Å². The van der Waals surface area contributed by atoms with E-state index in [-0.39, 0.29) is 55.9 Å². The fourth-order valence-electron chi connectivity index (χ4n) is 5.18. The molecule has 352 valence electrons. The first kappa shape index (κ1) is 58.7. The second-order valence-electron chi connectivity index (χ2n) is 17.1. The van der Waals surface area contributed by atoms with Crippen LogP contribution in [0.15, 0.2) is 36.4 Å².